The molecule has 0 aliphatic heterocycles. The van der Waals surface area contributed by atoms with Crippen LogP contribution in [-0.2, 0) is 0 Å². The van der Waals surface area contributed by atoms with Gasteiger partial charge in [-0.25, -0.2) is 4.98 Å². The van der Waals surface area contributed by atoms with Crippen molar-refractivity contribution in [1.82, 2.24) is 19.5 Å². The second-order valence-corrected chi connectivity index (χ2v) is 4.62. The Morgan fingerprint density at radius 1 is 1.19 bits per heavy atom. The highest BCUT2D eigenvalue weighted by molar-refractivity contribution is 5.39. The lowest BCUT2D eigenvalue weighted by Gasteiger charge is -2.15. The number of aromatic nitrogens is 4. The van der Waals surface area contributed by atoms with E-state index < -0.39 is 5.95 Å². The Balaban J connectivity index is 1.86. The number of nitrogens with zero attached hydrogens (tertiary/aromatic N) is 4. The third-order valence-electron chi connectivity index (χ3n) is 3.08. The van der Waals surface area contributed by atoms with E-state index in [1.165, 1.54) is 12.4 Å². The molecule has 2 aromatic heterocycles. The fourth-order valence-electron chi connectivity index (χ4n) is 2.02. The maximum atomic E-state index is 13.6. The molecule has 0 fully saturated rings. The summed E-state index contributed by atoms with van der Waals surface area (Å²) < 4.78 is 15.2. The van der Waals surface area contributed by atoms with Gasteiger partial charge in [0.15, 0.2) is 0 Å². The van der Waals surface area contributed by atoms with Gasteiger partial charge in [0.25, 0.3) is 0 Å². The normalized spacial score (nSPS) is 12.1. The van der Waals surface area contributed by atoms with E-state index in [0.717, 1.165) is 5.56 Å². The number of anilines is 1. The second kappa shape index (κ2) is 5.70. The van der Waals surface area contributed by atoms with E-state index in [9.17, 15) is 4.39 Å². The molecular weight excluding hydrogens is 269 g/mol. The minimum absolute atomic E-state index is 0.0103. The zero-order chi connectivity index (χ0) is 14.7. The van der Waals surface area contributed by atoms with Gasteiger partial charge in [-0.3, -0.25) is 4.57 Å². The van der Waals surface area contributed by atoms with Gasteiger partial charge < -0.3 is 5.32 Å². The molecule has 1 aromatic carbocycles. The van der Waals surface area contributed by atoms with E-state index in [1.54, 1.807) is 17.0 Å². The summed E-state index contributed by atoms with van der Waals surface area (Å²) in [4.78, 5) is 12.0. The monoisotopic (exact) mass is 283 g/mol. The topological polar surface area (TPSA) is 55.6 Å². The Kier molecular flexibility index (Phi) is 3.59. The lowest BCUT2D eigenvalue weighted by atomic mass is 10.1. The lowest BCUT2D eigenvalue weighted by Crippen LogP contribution is -2.10. The minimum atomic E-state index is -0.587. The number of benzene rings is 1. The van der Waals surface area contributed by atoms with Crippen molar-refractivity contribution in [2.75, 3.05) is 5.32 Å². The molecule has 1 unspecified atom stereocenters. The van der Waals surface area contributed by atoms with E-state index >= 15 is 0 Å². The molecule has 106 valence electrons. The molecule has 0 bridgehead atoms. The zero-order valence-corrected chi connectivity index (χ0v) is 11.4. The molecular formula is C15H14FN5. The van der Waals surface area contributed by atoms with Crippen LogP contribution in [-0.4, -0.2) is 19.5 Å². The third kappa shape index (κ3) is 3.05. The number of imidazole rings is 1. The summed E-state index contributed by atoms with van der Waals surface area (Å²) in [6.45, 7) is 1.99. The molecule has 0 saturated heterocycles. The predicted molar refractivity (Wildman–Crippen MR) is 77.6 cm³/mol. The standard InChI is InChI=1S/C15H14FN5/c1-11(12-5-3-2-4-6-12)18-14-9-13(16)19-15(20-14)21-8-7-17-10-21/h2-11H,1H3,(H,18,19,20). The molecule has 5 nitrogen and oxygen atoms in total. The average Bonchev–Trinajstić information content (AvgIpc) is 3.02. The Bertz CT molecular complexity index is 712. The molecule has 0 aliphatic carbocycles. The number of rotatable bonds is 4. The van der Waals surface area contributed by atoms with E-state index in [0.29, 0.717) is 5.82 Å². The van der Waals surface area contributed by atoms with Crippen molar-refractivity contribution in [3.05, 3.63) is 66.6 Å². The Labute approximate surface area is 121 Å². The summed E-state index contributed by atoms with van der Waals surface area (Å²) in [5.41, 5.74) is 1.10. The van der Waals surface area contributed by atoms with Gasteiger partial charge in [0.1, 0.15) is 12.1 Å². The second-order valence-electron chi connectivity index (χ2n) is 4.62. The van der Waals surface area contributed by atoms with Crippen molar-refractivity contribution in [3.8, 4) is 5.95 Å². The summed E-state index contributed by atoms with van der Waals surface area (Å²) in [6.07, 6.45) is 4.78. The summed E-state index contributed by atoms with van der Waals surface area (Å²) in [5, 5.41) is 3.18. The van der Waals surface area contributed by atoms with Crippen LogP contribution >= 0.6 is 0 Å². The minimum Gasteiger partial charge on any atom is -0.363 e. The maximum absolute atomic E-state index is 13.6. The van der Waals surface area contributed by atoms with Crippen LogP contribution in [0.3, 0.4) is 0 Å². The van der Waals surface area contributed by atoms with Crippen LogP contribution in [0.2, 0.25) is 0 Å². The quantitative estimate of drug-likeness (QED) is 0.748. The van der Waals surface area contributed by atoms with E-state index in [4.69, 9.17) is 0 Å². The summed E-state index contributed by atoms with van der Waals surface area (Å²) in [5.74, 6) is 0.0919. The molecule has 21 heavy (non-hydrogen) atoms. The number of nitrogens with one attached hydrogen (secondary N) is 1. The fraction of sp³-hybridized carbons (Fsp3) is 0.133. The molecule has 1 N–H and O–H groups in total. The first kappa shape index (κ1) is 13.2. The molecule has 1 atom stereocenters. The van der Waals surface area contributed by atoms with Crippen LogP contribution in [0.25, 0.3) is 5.95 Å². The van der Waals surface area contributed by atoms with Gasteiger partial charge in [0.05, 0.1) is 0 Å². The van der Waals surface area contributed by atoms with E-state index in [2.05, 4.69) is 20.3 Å². The first-order valence-electron chi connectivity index (χ1n) is 6.57. The maximum Gasteiger partial charge on any atom is 0.239 e. The zero-order valence-electron chi connectivity index (χ0n) is 11.4. The van der Waals surface area contributed by atoms with Crippen molar-refractivity contribution < 1.29 is 4.39 Å². The smallest absolute Gasteiger partial charge is 0.239 e. The Morgan fingerprint density at radius 2 is 2.00 bits per heavy atom. The van der Waals surface area contributed by atoms with Crippen molar-refractivity contribution in [1.29, 1.82) is 0 Å². The Morgan fingerprint density at radius 3 is 2.71 bits per heavy atom. The van der Waals surface area contributed by atoms with Crippen molar-refractivity contribution in [3.63, 3.8) is 0 Å². The molecule has 0 saturated carbocycles. The average molecular weight is 283 g/mol. The van der Waals surface area contributed by atoms with E-state index in [-0.39, 0.29) is 12.0 Å². The van der Waals surface area contributed by atoms with Gasteiger partial charge in [-0.05, 0) is 12.5 Å². The first-order chi connectivity index (χ1) is 10.2. The van der Waals surface area contributed by atoms with Crippen molar-refractivity contribution in [2.45, 2.75) is 13.0 Å². The Hall–Kier alpha value is -2.76. The highest BCUT2D eigenvalue weighted by Gasteiger charge is 2.09. The molecule has 0 radical (unpaired) electrons. The molecule has 3 rings (SSSR count). The number of hydrogen-bond acceptors (Lipinski definition) is 4. The third-order valence-corrected chi connectivity index (χ3v) is 3.08. The van der Waals surface area contributed by atoms with Crippen molar-refractivity contribution >= 4 is 5.82 Å². The van der Waals surface area contributed by atoms with Gasteiger partial charge >= 0.3 is 0 Å². The van der Waals surface area contributed by atoms with Crippen molar-refractivity contribution in [2.24, 2.45) is 0 Å². The van der Waals surface area contributed by atoms with Crippen LogP contribution in [0.15, 0.2) is 55.1 Å². The fourth-order valence-corrected chi connectivity index (χ4v) is 2.02. The van der Waals surface area contributed by atoms with Gasteiger partial charge in [-0.2, -0.15) is 14.4 Å². The molecule has 0 amide bonds. The number of hydrogen-bond donors (Lipinski definition) is 1. The van der Waals surface area contributed by atoms with Gasteiger partial charge in [-0.1, -0.05) is 30.3 Å². The lowest BCUT2D eigenvalue weighted by molar-refractivity contribution is 0.575. The van der Waals surface area contributed by atoms with Crippen LogP contribution < -0.4 is 5.32 Å². The summed E-state index contributed by atoms with van der Waals surface area (Å²) in [6, 6.07) is 11.2. The summed E-state index contributed by atoms with van der Waals surface area (Å²) >= 11 is 0. The largest absolute Gasteiger partial charge is 0.363 e. The number of halogens is 1. The molecule has 6 heteroatoms. The van der Waals surface area contributed by atoms with Crippen LogP contribution in [0, 0.1) is 5.95 Å². The van der Waals surface area contributed by atoms with Crippen LogP contribution in [0.1, 0.15) is 18.5 Å². The predicted octanol–water partition coefficient (Wildman–Crippen LogP) is 2.97. The molecule has 2 heterocycles. The highest BCUT2D eigenvalue weighted by Crippen LogP contribution is 2.18. The van der Waals surface area contributed by atoms with E-state index in [1.807, 2.05) is 37.3 Å². The molecule has 0 spiro atoms. The molecule has 3 aromatic rings. The summed E-state index contributed by atoms with van der Waals surface area (Å²) in [7, 11) is 0. The molecule has 0 aliphatic rings. The van der Waals surface area contributed by atoms with Crippen LogP contribution in [0.5, 0.6) is 0 Å². The van der Waals surface area contributed by atoms with Gasteiger partial charge in [0, 0.05) is 24.5 Å². The highest BCUT2D eigenvalue weighted by atomic mass is 19.1. The van der Waals surface area contributed by atoms with Gasteiger partial charge in [-0.15, -0.1) is 0 Å². The SMILES string of the molecule is CC(Nc1cc(F)nc(-n2ccnc2)n1)c1ccccc1. The first-order valence-corrected chi connectivity index (χ1v) is 6.57. The van der Waals surface area contributed by atoms with Gasteiger partial charge in [0.2, 0.25) is 11.9 Å². The van der Waals surface area contributed by atoms with Crippen LogP contribution in [0.4, 0.5) is 10.2 Å².